The smallest absolute Gasteiger partial charge is 0.339 e. The zero-order valence-corrected chi connectivity index (χ0v) is 11.2. The van der Waals surface area contributed by atoms with Crippen molar-refractivity contribution in [2.24, 2.45) is 0 Å². The number of carbonyl (C=O) groups is 2. The summed E-state index contributed by atoms with van der Waals surface area (Å²) in [5.41, 5.74) is 1.49. The monoisotopic (exact) mass is 272 g/mol. The summed E-state index contributed by atoms with van der Waals surface area (Å²) in [4.78, 5) is 23.5. The molecule has 1 aromatic carbocycles. The fraction of sp³-hybridized carbons (Fsp3) is 0.200. The topological polar surface area (TPSA) is 67.4 Å². The highest BCUT2D eigenvalue weighted by Crippen LogP contribution is 2.16. The van der Waals surface area contributed by atoms with E-state index >= 15 is 0 Å². The van der Waals surface area contributed by atoms with E-state index in [0.29, 0.717) is 11.3 Å². The maximum Gasteiger partial charge on any atom is 0.339 e. The van der Waals surface area contributed by atoms with Gasteiger partial charge in [0.15, 0.2) is 0 Å². The van der Waals surface area contributed by atoms with E-state index in [-0.39, 0.29) is 6.03 Å². The quantitative estimate of drug-likeness (QED) is 0.831. The van der Waals surface area contributed by atoms with E-state index in [1.54, 1.807) is 24.3 Å². The highest BCUT2D eigenvalue weighted by atomic mass is 16.5. The number of anilines is 1. The maximum atomic E-state index is 11.9. The molecule has 0 saturated carbocycles. The van der Waals surface area contributed by atoms with Gasteiger partial charge in [-0.1, -0.05) is 24.3 Å². The second-order valence-corrected chi connectivity index (χ2v) is 4.26. The Morgan fingerprint density at radius 2 is 1.95 bits per heavy atom. The fourth-order valence-corrected chi connectivity index (χ4v) is 1.87. The van der Waals surface area contributed by atoms with Crippen molar-refractivity contribution < 1.29 is 14.3 Å². The molecule has 2 amide bonds. The van der Waals surface area contributed by atoms with Crippen molar-refractivity contribution in [1.82, 2.24) is 5.32 Å². The normalized spacial score (nSPS) is 13.3. The zero-order valence-electron chi connectivity index (χ0n) is 11.2. The van der Waals surface area contributed by atoms with E-state index < -0.39 is 5.97 Å². The first-order valence-corrected chi connectivity index (χ1v) is 6.33. The maximum absolute atomic E-state index is 11.9. The van der Waals surface area contributed by atoms with Crippen LogP contribution in [-0.4, -0.2) is 19.1 Å². The Morgan fingerprint density at radius 3 is 2.65 bits per heavy atom. The third-order valence-corrected chi connectivity index (χ3v) is 2.83. The summed E-state index contributed by atoms with van der Waals surface area (Å²) >= 11 is 0. The average molecular weight is 272 g/mol. The van der Waals surface area contributed by atoms with Gasteiger partial charge in [0.2, 0.25) is 0 Å². The summed E-state index contributed by atoms with van der Waals surface area (Å²) < 4.78 is 4.68. The Labute approximate surface area is 117 Å². The summed E-state index contributed by atoms with van der Waals surface area (Å²) in [5.74, 6) is -0.488. The van der Waals surface area contributed by atoms with Crippen molar-refractivity contribution in [2.45, 2.75) is 12.8 Å². The summed E-state index contributed by atoms with van der Waals surface area (Å²) in [5, 5.41) is 5.37. The van der Waals surface area contributed by atoms with Crippen LogP contribution in [-0.2, 0) is 4.74 Å². The van der Waals surface area contributed by atoms with Crippen molar-refractivity contribution in [2.75, 3.05) is 12.4 Å². The number of esters is 1. The van der Waals surface area contributed by atoms with E-state index in [0.717, 1.165) is 18.5 Å². The molecule has 5 nitrogen and oxygen atoms in total. The van der Waals surface area contributed by atoms with Gasteiger partial charge in [-0.05, 0) is 31.1 Å². The fourth-order valence-electron chi connectivity index (χ4n) is 1.87. The number of hydrogen-bond acceptors (Lipinski definition) is 3. The third kappa shape index (κ3) is 3.47. The Hall–Kier alpha value is -2.56. The molecule has 2 N–H and O–H groups in total. The van der Waals surface area contributed by atoms with Crippen molar-refractivity contribution >= 4 is 17.7 Å². The molecule has 2 rings (SSSR count). The summed E-state index contributed by atoms with van der Waals surface area (Å²) in [6, 6.07) is 6.31. The molecule has 1 aliphatic carbocycles. The molecule has 0 bridgehead atoms. The Kier molecular flexibility index (Phi) is 4.55. The molecule has 0 heterocycles. The van der Waals surface area contributed by atoms with Crippen LogP contribution in [0, 0.1) is 0 Å². The van der Waals surface area contributed by atoms with Crippen molar-refractivity contribution in [3.63, 3.8) is 0 Å². The number of amides is 2. The molecule has 0 radical (unpaired) electrons. The number of rotatable bonds is 3. The number of methoxy groups -OCH3 is 1. The van der Waals surface area contributed by atoms with Crippen LogP contribution in [0.3, 0.4) is 0 Å². The molecule has 1 aliphatic rings. The molecule has 0 saturated heterocycles. The van der Waals surface area contributed by atoms with Crippen LogP contribution >= 0.6 is 0 Å². The molecular formula is C15H16N2O3. The van der Waals surface area contributed by atoms with Gasteiger partial charge < -0.3 is 15.4 Å². The molecule has 0 spiro atoms. The second kappa shape index (κ2) is 6.56. The number of urea groups is 1. The van der Waals surface area contributed by atoms with Gasteiger partial charge in [-0.25, -0.2) is 9.59 Å². The summed E-state index contributed by atoms with van der Waals surface area (Å²) in [7, 11) is 1.30. The van der Waals surface area contributed by atoms with Gasteiger partial charge in [0.25, 0.3) is 0 Å². The van der Waals surface area contributed by atoms with E-state index in [2.05, 4.69) is 15.4 Å². The highest BCUT2D eigenvalue weighted by molar-refractivity contribution is 6.01. The lowest BCUT2D eigenvalue weighted by molar-refractivity contribution is 0.0602. The minimum Gasteiger partial charge on any atom is -0.465 e. The molecule has 0 unspecified atom stereocenters. The van der Waals surface area contributed by atoms with Gasteiger partial charge in [-0.15, -0.1) is 0 Å². The lowest BCUT2D eigenvalue weighted by Gasteiger charge is -2.12. The van der Waals surface area contributed by atoms with Gasteiger partial charge in [0.05, 0.1) is 18.4 Å². The standard InChI is InChI=1S/C15H16N2O3/c1-20-14(18)12-9-5-6-10-13(12)17-15(19)16-11-7-3-2-4-8-11/h3,5-10H,2,4H2,1H3,(H2,16,17,19). The number of para-hydroxylation sites is 1. The van der Waals surface area contributed by atoms with Crippen LogP contribution in [0.25, 0.3) is 0 Å². The molecular weight excluding hydrogens is 256 g/mol. The molecule has 5 heteroatoms. The minimum atomic E-state index is -0.488. The molecule has 0 aliphatic heterocycles. The van der Waals surface area contributed by atoms with Crippen LogP contribution in [0.2, 0.25) is 0 Å². The third-order valence-electron chi connectivity index (χ3n) is 2.83. The first kappa shape index (κ1) is 13.9. The van der Waals surface area contributed by atoms with Gasteiger partial charge in [0.1, 0.15) is 0 Å². The summed E-state index contributed by atoms with van der Waals surface area (Å²) in [6.07, 6.45) is 7.70. The zero-order chi connectivity index (χ0) is 14.4. The minimum absolute atomic E-state index is 0.318. The van der Waals surface area contributed by atoms with Crippen LogP contribution in [0.1, 0.15) is 23.2 Å². The van der Waals surface area contributed by atoms with Gasteiger partial charge in [0, 0.05) is 5.70 Å². The number of hydrogen-bond donors (Lipinski definition) is 2. The number of allylic oxidation sites excluding steroid dienone is 3. The van der Waals surface area contributed by atoms with E-state index in [1.807, 2.05) is 18.2 Å². The van der Waals surface area contributed by atoms with Crippen molar-refractivity contribution in [3.05, 3.63) is 53.8 Å². The van der Waals surface area contributed by atoms with E-state index in [1.165, 1.54) is 7.11 Å². The Bertz CT molecular complexity index is 576. The molecule has 0 aromatic heterocycles. The van der Waals surface area contributed by atoms with Crippen LogP contribution in [0.4, 0.5) is 10.5 Å². The highest BCUT2D eigenvalue weighted by Gasteiger charge is 2.13. The molecule has 1 aromatic rings. The predicted molar refractivity (Wildman–Crippen MR) is 76.4 cm³/mol. The second-order valence-electron chi connectivity index (χ2n) is 4.26. The number of ether oxygens (including phenoxy) is 1. The van der Waals surface area contributed by atoms with E-state index in [4.69, 9.17) is 0 Å². The van der Waals surface area contributed by atoms with Crippen LogP contribution in [0.15, 0.2) is 48.2 Å². The van der Waals surface area contributed by atoms with Crippen LogP contribution < -0.4 is 10.6 Å². The largest absolute Gasteiger partial charge is 0.465 e. The molecule has 20 heavy (non-hydrogen) atoms. The first-order valence-electron chi connectivity index (χ1n) is 6.33. The van der Waals surface area contributed by atoms with Gasteiger partial charge in [-0.2, -0.15) is 0 Å². The van der Waals surface area contributed by atoms with Crippen molar-refractivity contribution in [1.29, 1.82) is 0 Å². The summed E-state index contributed by atoms with van der Waals surface area (Å²) in [6.45, 7) is 0. The molecule has 104 valence electrons. The Balaban J connectivity index is 2.06. The number of carbonyl (C=O) groups excluding carboxylic acids is 2. The Morgan fingerprint density at radius 1 is 1.15 bits per heavy atom. The lowest BCUT2D eigenvalue weighted by Crippen LogP contribution is -2.28. The average Bonchev–Trinajstić information content (AvgIpc) is 2.48. The van der Waals surface area contributed by atoms with Gasteiger partial charge >= 0.3 is 12.0 Å². The lowest BCUT2D eigenvalue weighted by atomic mass is 10.1. The molecule has 0 atom stereocenters. The van der Waals surface area contributed by atoms with E-state index in [9.17, 15) is 9.59 Å². The number of nitrogens with one attached hydrogen (secondary N) is 2. The SMILES string of the molecule is COC(=O)c1ccccc1NC(=O)NC1=CCCC=C1. The predicted octanol–water partition coefficient (Wildman–Crippen LogP) is 2.83. The molecule has 0 fully saturated rings. The first-order chi connectivity index (χ1) is 9.70. The van der Waals surface area contributed by atoms with Crippen molar-refractivity contribution in [3.8, 4) is 0 Å². The number of benzene rings is 1. The van der Waals surface area contributed by atoms with Gasteiger partial charge in [-0.3, -0.25) is 0 Å². The van der Waals surface area contributed by atoms with Crippen LogP contribution in [0.5, 0.6) is 0 Å².